The van der Waals surface area contributed by atoms with Crippen LogP contribution in [-0.4, -0.2) is 22.4 Å². The number of nitrogens with zero attached hydrogens (tertiary/aromatic N) is 1. The number of nitrogens with one attached hydrogen (secondary N) is 2. The molecule has 0 saturated carbocycles. The molecule has 0 fully saturated rings. The van der Waals surface area contributed by atoms with E-state index in [2.05, 4.69) is 54.3 Å². The molecule has 3 heterocycles. The van der Waals surface area contributed by atoms with Crippen LogP contribution in [0, 0.1) is 20.8 Å². The van der Waals surface area contributed by atoms with E-state index in [1.54, 1.807) is 0 Å². The highest BCUT2D eigenvalue weighted by Crippen LogP contribution is 2.28. The van der Waals surface area contributed by atoms with Crippen LogP contribution in [0.2, 0.25) is 0 Å². The normalized spacial score (nSPS) is 12.7. The van der Waals surface area contributed by atoms with Crippen LogP contribution in [0.15, 0.2) is 36.5 Å². The molecule has 4 heteroatoms. The average molecular weight is 361 g/mol. The Hall–Kier alpha value is -2.88. The summed E-state index contributed by atoms with van der Waals surface area (Å²) in [6.07, 6.45) is 2.67. The maximum absolute atomic E-state index is 12.0. The topological polar surface area (TPSA) is 57.8 Å². The highest BCUT2D eigenvalue weighted by atomic mass is 16.1. The lowest BCUT2D eigenvalue weighted by molar-refractivity contribution is 0.0946. The predicted octanol–water partition coefficient (Wildman–Crippen LogP) is 4.98. The van der Waals surface area contributed by atoms with Crippen molar-refractivity contribution in [3.05, 3.63) is 64.5 Å². The zero-order valence-electron chi connectivity index (χ0n) is 16.7. The maximum atomic E-state index is 12.0. The molecule has 3 aromatic rings. The van der Waals surface area contributed by atoms with Gasteiger partial charge in [-0.05, 0) is 67.8 Å². The summed E-state index contributed by atoms with van der Waals surface area (Å²) in [7, 11) is 0. The van der Waals surface area contributed by atoms with Crippen LogP contribution in [0.4, 0.5) is 0 Å². The number of aryl methyl sites for hydroxylation is 2. The molecule has 0 aliphatic carbocycles. The van der Waals surface area contributed by atoms with Crippen molar-refractivity contribution in [3.8, 4) is 22.5 Å². The van der Waals surface area contributed by atoms with E-state index in [1.165, 1.54) is 16.7 Å². The summed E-state index contributed by atoms with van der Waals surface area (Å²) in [6.45, 7) is 11.1. The van der Waals surface area contributed by atoms with E-state index in [1.807, 2.05) is 32.2 Å². The Balaban J connectivity index is 0.00000102. The highest BCUT2D eigenvalue weighted by molar-refractivity contribution is 5.97. The zero-order chi connectivity index (χ0) is 19.6. The molecule has 0 radical (unpaired) electrons. The van der Waals surface area contributed by atoms with Gasteiger partial charge in [0.2, 0.25) is 0 Å². The largest absolute Gasteiger partial charge is 0.358 e. The Kier molecular flexibility index (Phi) is 5.45. The first-order valence-corrected chi connectivity index (χ1v) is 9.57. The molecule has 1 aliphatic heterocycles. The Morgan fingerprint density at radius 1 is 0.963 bits per heavy atom. The first-order valence-electron chi connectivity index (χ1n) is 9.57. The van der Waals surface area contributed by atoms with Gasteiger partial charge in [-0.1, -0.05) is 13.8 Å². The number of rotatable bonds is 2. The zero-order valence-corrected chi connectivity index (χ0v) is 16.7. The standard InChI is InChI=1S/C21H21N3O.C2H6/c1-12-8-16(9-13(2)14(12)3)19-10-15(4-6-22-19)20-11-17-18(24-20)5-7-23-21(17)25;1-2/h4,6,8-11,24H,5,7H2,1-3H3,(H,23,25);1-2H3. The maximum Gasteiger partial charge on any atom is 0.253 e. The van der Waals surface area contributed by atoms with Crippen molar-refractivity contribution in [1.82, 2.24) is 15.3 Å². The molecule has 0 spiro atoms. The van der Waals surface area contributed by atoms with Gasteiger partial charge in [-0.25, -0.2) is 0 Å². The molecular formula is C23H27N3O. The molecule has 4 nitrogen and oxygen atoms in total. The third kappa shape index (κ3) is 3.65. The minimum absolute atomic E-state index is 0.00261. The van der Waals surface area contributed by atoms with E-state index >= 15 is 0 Å². The van der Waals surface area contributed by atoms with Crippen LogP contribution in [0.25, 0.3) is 22.5 Å². The highest BCUT2D eigenvalue weighted by Gasteiger charge is 2.20. The Morgan fingerprint density at radius 2 is 1.67 bits per heavy atom. The van der Waals surface area contributed by atoms with Crippen molar-refractivity contribution in [2.75, 3.05) is 6.54 Å². The van der Waals surface area contributed by atoms with Gasteiger partial charge in [-0.15, -0.1) is 0 Å². The number of benzene rings is 1. The molecule has 0 atom stereocenters. The summed E-state index contributed by atoms with van der Waals surface area (Å²) < 4.78 is 0. The number of pyridine rings is 1. The van der Waals surface area contributed by atoms with Crippen LogP contribution >= 0.6 is 0 Å². The van der Waals surface area contributed by atoms with Crippen LogP contribution < -0.4 is 5.32 Å². The molecular weight excluding hydrogens is 334 g/mol. The van der Waals surface area contributed by atoms with Gasteiger partial charge in [0.25, 0.3) is 5.91 Å². The summed E-state index contributed by atoms with van der Waals surface area (Å²) in [4.78, 5) is 19.9. The molecule has 2 aromatic heterocycles. The van der Waals surface area contributed by atoms with Crippen molar-refractivity contribution < 1.29 is 4.79 Å². The molecule has 1 amide bonds. The number of aromatic nitrogens is 2. The number of amides is 1. The van der Waals surface area contributed by atoms with Gasteiger partial charge in [0.1, 0.15) is 0 Å². The average Bonchev–Trinajstić information content (AvgIpc) is 3.13. The van der Waals surface area contributed by atoms with Gasteiger partial charge >= 0.3 is 0 Å². The minimum atomic E-state index is 0.00261. The van der Waals surface area contributed by atoms with E-state index in [0.717, 1.165) is 40.2 Å². The molecule has 0 saturated heterocycles. The number of carbonyl (C=O) groups excluding carboxylic acids is 1. The van der Waals surface area contributed by atoms with Gasteiger partial charge in [-0.3, -0.25) is 9.78 Å². The number of fused-ring (bicyclic) bond motifs is 1. The molecule has 2 N–H and O–H groups in total. The first-order chi connectivity index (χ1) is 13.0. The second kappa shape index (κ2) is 7.78. The summed E-state index contributed by atoms with van der Waals surface area (Å²) in [6, 6.07) is 10.4. The lowest BCUT2D eigenvalue weighted by Crippen LogP contribution is -2.31. The molecule has 1 aromatic carbocycles. The van der Waals surface area contributed by atoms with Crippen LogP contribution in [0.3, 0.4) is 0 Å². The second-order valence-corrected chi connectivity index (χ2v) is 6.75. The summed E-state index contributed by atoms with van der Waals surface area (Å²) in [5.41, 5.74) is 9.71. The fourth-order valence-corrected chi connectivity index (χ4v) is 3.39. The Morgan fingerprint density at radius 3 is 2.33 bits per heavy atom. The smallest absolute Gasteiger partial charge is 0.253 e. The number of carbonyl (C=O) groups is 1. The first kappa shape index (κ1) is 18.9. The van der Waals surface area contributed by atoms with Crippen molar-refractivity contribution >= 4 is 5.91 Å². The van der Waals surface area contributed by atoms with Gasteiger partial charge in [0, 0.05) is 41.7 Å². The minimum Gasteiger partial charge on any atom is -0.358 e. The predicted molar refractivity (Wildman–Crippen MR) is 111 cm³/mol. The van der Waals surface area contributed by atoms with E-state index < -0.39 is 0 Å². The SMILES string of the molecule is CC.Cc1cc(-c2cc(-c3cc4c([nH]3)CCNC4=O)ccn2)cc(C)c1C. The fourth-order valence-electron chi connectivity index (χ4n) is 3.39. The van der Waals surface area contributed by atoms with Crippen LogP contribution in [-0.2, 0) is 6.42 Å². The quantitative estimate of drug-likeness (QED) is 0.676. The van der Waals surface area contributed by atoms with Gasteiger partial charge in [-0.2, -0.15) is 0 Å². The Labute approximate surface area is 161 Å². The van der Waals surface area contributed by atoms with Gasteiger partial charge in [0.15, 0.2) is 0 Å². The van der Waals surface area contributed by atoms with Gasteiger partial charge < -0.3 is 10.3 Å². The van der Waals surface area contributed by atoms with E-state index in [-0.39, 0.29) is 5.91 Å². The Bertz CT molecular complexity index is 962. The number of hydrogen-bond donors (Lipinski definition) is 2. The van der Waals surface area contributed by atoms with E-state index in [4.69, 9.17) is 0 Å². The molecule has 140 valence electrons. The fraction of sp³-hybridized carbons (Fsp3) is 0.304. The molecule has 27 heavy (non-hydrogen) atoms. The van der Waals surface area contributed by atoms with Crippen molar-refractivity contribution in [1.29, 1.82) is 0 Å². The second-order valence-electron chi connectivity index (χ2n) is 6.75. The number of H-pyrrole nitrogens is 1. The molecule has 4 rings (SSSR count). The number of hydrogen-bond acceptors (Lipinski definition) is 2. The molecule has 1 aliphatic rings. The lowest BCUT2D eigenvalue weighted by atomic mass is 9.98. The van der Waals surface area contributed by atoms with Gasteiger partial charge in [0.05, 0.1) is 11.3 Å². The van der Waals surface area contributed by atoms with E-state index in [9.17, 15) is 4.79 Å². The molecule has 0 bridgehead atoms. The van der Waals surface area contributed by atoms with Crippen LogP contribution in [0.1, 0.15) is 46.6 Å². The number of aromatic amines is 1. The monoisotopic (exact) mass is 361 g/mol. The lowest BCUT2D eigenvalue weighted by Gasteiger charge is -2.11. The third-order valence-electron chi connectivity index (χ3n) is 5.10. The molecule has 0 unspecified atom stereocenters. The third-order valence-corrected chi connectivity index (χ3v) is 5.10. The van der Waals surface area contributed by atoms with Crippen molar-refractivity contribution in [2.24, 2.45) is 0 Å². The summed E-state index contributed by atoms with van der Waals surface area (Å²) in [5, 5.41) is 2.89. The van der Waals surface area contributed by atoms with E-state index in [0.29, 0.717) is 6.54 Å². The summed E-state index contributed by atoms with van der Waals surface area (Å²) >= 11 is 0. The van der Waals surface area contributed by atoms with Crippen LogP contribution in [0.5, 0.6) is 0 Å². The van der Waals surface area contributed by atoms with Crippen molar-refractivity contribution in [3.63, 3.8) is 0 Å². The summed E-state index contributed by atoms with van der Waals surface area (Å²) in [5.74, 6) is 0.00261. The van der Waals surface area contributed by atoms with Crippen molar-refractivity contribution in [2.45, 2.75) is 41.0 Å².